The molecule has 1 fully saturated rings. The SMILES string of the molecule is [C-]#[N+]c1ccc(OC2C[C@@H](COC(F)F)N(c3ccc(C(=O)N[C@@H](CO)c4ccc(S(=O)(=O)CC)cc4)cc3)C2)cc1. The van der Waals surface area contributed by atoms with E-state index in [9.17, 15) is 27.1 Å². The standard InChI is InChI=1S/C30H31F2N3O6S/c1-3-42(38,39)27-14-6-20(7-15-27)28(18-36)34-29(37)21-4-10-23(11-5-21)35-17-26(16-24(35)19-40-30(31)32)41-25-12-8-22(33-2)9-13-25/h4-15,24,26,28,30,36H,3,16-19H2,1H3,(H,34,37)/t24-,26?,28-/m0/s1. The molecule has 9 nitrogen and oxygen atoms in total. The number of ether oxygens (including phenoxy) is 2. The van der Waals surface area contributed by atoms with Crippen molar-refractivity contribution in [1.29, 1.82) is 0 Å². The van der Waals surface area contributed by atoms with Crippen molar-refractivity contribution in [1.82, 2.24) is 5.32 Å². The molecule has 1 saturated heterocycles. The predicted molar refractivity (Wildman–Crippen MR) is 153 cm³/mol. The van der Waals surface area contributed by atoms with Gasteiger partial charge in [-0.05, 0) is 54.1 Å². The molecule has 222 valence electrons. The van der Waals surface area contributed by atoms with Crippen LogP contribution in [0.4, 0.5) is 20.2 Å². The van der Waals surface area contributed by atoms with E-state index in [1.165, 1.54) is 12.1 Å². The fraction of sp³-hybridized carbons (Fsp3) is 0.333. The summed E-state index contributed by atoms with van der Waals surface area (Å²) in [5.74, 6) is 0.0785. The van der Waals surface area contributed by atoms with Crippen LogP contribution in [0.3, 0.4) is 0 Å². The van der Waals surface area contributed by atoms with Crippen molar-refractivity contribution in [3.05, 3.63) is 95.3 Å². The minimum absolute atomic E-state index is 0.0361. The van der Waals surface area contributed by atoms with Crippen LogP contribution < -0.4 is 15.0 Å². The van der Waals surface area contributed by atoms with Gasteiger partial charge < -0.3 is 24.8 Å². The van der Waals surface area contributed by atoms with E-state index in [0.29, 0.717) is 41.2 Å². The number of hydrogen-bond acceptors (Lipinski definition) is 7. The maximum atomic E-state index is 13.0. The third-order valence-electron chi connectivity index (χ3n) is 7.03. The van der Waals surface area contributed by atoms with E-state index >= 15 is 0 Å². The van der Waals surface area contributed by atoms with Gasteiger partial charge in [0.1, 0.15) is 11.9 Å². The molecule has 1 aliphatic heterocycles. The molecule has 1 heterocycles. The molecule has 0 aromatic heterocycles. The van der Waals surface area contributed by atoms with Crippen LogP contribution in [0.2, 0.25) is 0 Å². The van der Waals surface area contributed by atoms with Gasteiger partial charge in [-0.2, -0.15) is 8.78 Å². The van der Waals surface area contributed by atoms with Crippen LogP contribution in [0.1, 0.15) is 35.3 Å². The smallest absolute Gasteiger partial charge is 0.345 e. The largest absolute Gasteiger partial charge is 0.489 e. The number of hydrogen-bond donors (Lipinski definition) is 2. The van der Waals surface area contributed by atoms with Gasteiger partial charge in [-0.1, -0.05) is 31.2 Å². The third-order valence-corrected chi connectivity index (χ3v) is 8.78. The highest BCUT2D eigenvalue weighted by molar-refractivity contribution is 7.91. The zero-order valence-corrected chi connectivity index (χ0v) is 23.6. The second-order valence-electron chi connectivity index (χ2n) is 9.71. The molecule has 3 aromatic carbocycles. The summed E-state index contributed by atoms with van der Waals surface area (Å²) in [4.78, 5) is 18.4. The topological polar surface area (TPSA) is 110 Å². The molecule has 0 saturated carbocycles. The Morgan fingerprint density at radius 2 is 1.76 bits per heavy atom. The maximum Gasteiger partial charge on any atom is 0.345 e. The number of nitrogens with one attached hydrogen (secondary N) is 1. The summed E-state index contributed by atoms with van der Waals surface area (Å²) in [6.45, 7) is 5.49. The Hall–Kier alpha value is -4.05. The molecule has 1 aliphatic rings. The average molecular weight is 600 g/mol. The number of benzene rings is 3. The summed E-state index contributed by atoms with van der Waals surface area (Å²) in [6, 6.07) is 18.1. The van der Waals surface area contributed by atoms with E-state index in [4.69, 9.17) is 11.3 Å². The van der Waals surface area contributed by atoms with E-state index in [0.717, 1.165) is 0 Å². The molecule has 12 heteroatoms. The van der Waals surface area contributed by atoms with E-state index in [2.05, 4.69) is 14.9 Å². The van der Waals surface area contributed by atoms with Gasteiger partial charge in [-0.15, -0.1) is 0 Å². The highest BCUT2D eigenvalue weighted by atomic mass is 32.2. The molecule has 0 aliphatic carbocycles. The first-order valence-corrected chi connectivity index (χ1v) is 14.9. The third kappa shape index (κ3) is 7.61. The number of carbonyl (C=O) groups is 1. The van der Waals surface area contributed by atoms with Crippen LogP contribution in [0, 0.1) is 6.57 Å². The van der Waals surface area contributed by atoms with Crippen LogP contribution in [0.25, 0.3) is 4.85 Å². The number of anilines is 1. The number of aliphatic hydroxyl groups excluding tert-OH is 1. The molecule has 0 spiro atoms. The van der Waals surface area contributed by atoms with Crippen molar-refractivity contribution in [3.8, 4) is 5.75 Å². The van der Waals surface area contributed by atoms with Crippen molar-refractivity contribution in [2.45, 2.75) is 43.0 Å². The summed E-state index contributed by atoms with van der Waals surface area (Å²) in [5, 5.41) is 12.6. The fourth-order valence-corrected chi connectivity index (χ4v) is 5.65. The molecule has 0 radical (unpaired) electrons. The van der Waals surface area contributed by atoms with Crippen LogP contribution in [0.5, 0.6) is 5.75 Å². The van der Waals surface area contributed by atoms with E-state index in [-0.39, 0.29) is 23.4 Å². The Morgan fingerprint density at radius 3 is 2.33 bits per heavy atom. The summed E-state index contributed by atoms with van der Waals surface area (Å²) in [6.07, 6.45) is 0.109. The molecular formula is C30H31F2N3O6S. The fourth-order valence-electron chi connectivity index (χ4n) is 4.76. The van der Waals surface area contributed by atoms with Crippen LogP contribution >= 0.6 is 0 Å². The zero-order valence-electron chi connectivity index (χ0n) is 22.8. The van der Waals surface area contributed by atoms with Gasteiger partial charge in [-0.25, -0.2) is 13.3 Å². The molecule has 3 aromatic rings. The number of carbonyl (C=O) groups excluding carboxylic acids is 1. The first kappa shape index (κ1) is 30.9. The van der Waals surface area contributed by atoms with Gasteiger partial charge in [0.05, 0.1) is 49.1 Å². The van der Waals surface area contributed by atoms with Gasteiger partial charge in [-0.3, -0.25) is 4.79 Å². The minimum atomic E-state index is -3.38. The molecule has 2 N–H and O–H groups in total. The van der Waals surface area contributed by atoms with Gasteiger partial charge in [0.25, 0.3) is 5.91 Å². The van der Waals surface area contributed by atoms with Crippen LogP contribution in [-0.2, 0) is 14.6 Å². The summed E-state index contributed by atoms with van der Waals surface area (Å²) in [5.41, 5.74) is 2.03. The maximum absolute atomic E-state index is 13.0. The van der Waals surface area contributed by atoms with Crippen molar-refractivity contribution in [3.63, 3.8) is 0 Å². The lowest BCUT2D eigenvalue weighted by Gasteiger charge is -2.26. The highest BCUT2D eigenvalue weighted by Crippen LogP contribution is 2.30. The Balaban J connectivity index is 1.44. The van der Waals surface area contributed by atoms with Crippen molar-refractivity contribution >= 4 is 27.1 Å². The normalized spacial score (nSPS) is 17.6. The second-order valence-corrected chi connectivity index (χ2v) is 12.0. The van der Waals surface area contributed by atoms with Gasteiger partial charge in [0, 0.05) is 17.7 Å². The van der Waals surface area contributed by atoms with Crippen molar-refractivity contribution in [2.75, 3.05) is 30.4 Å². The number of halogens is 2. The Morgan fingerprint density at radius 1 is 1.10 bits per heavy atom. The molecular weight excluding hydrogens is 568 g/mol. The summed E-state index contributed by atoms with van der Waals surface area (Å²) in [7, 11) is -3.38. The van der Waals surface area contributed by atoms with Gasteiger partial charge >= 0.3 is 6.61 Å². The first-order valence-electron chi connectivity index (χ1n) is 13.3. The summed E-state index contributed by atoms with van der Waals surface area (Å²) < 4.78 is 60.5. The molecule has 3 atom stereocenters. The number of rotatable bonds is 12. The Kier molecular flexibility index (Phi) is 10.1. The highest BCUT2D eigenvalue weighted by Gasteiger charge is 2.34. The van der Waals surface area contributed by atoms with Crippen LogP contribution in [-0.4, -0.2) is 63.7 Å². The van der Waals surface area contributed by atoms with E-state index < -0.39 is 41.0 Å². The molecule has 0 bridgehead atoms. The Labute approximate surface area is 243 Å². The molecule has 4 rings (SSSR count). The Bertz CT molecular complexity index is 1490. The molecule has 42 heavy (non-hydrogen) atoms. The number of nitrogens with zero attached hydrogens (tertiary/aromatic N) is 2. The monoisotopic (exact) mass is 599 g/mol. The van der Waals surface area contributed by atoms with E-state index in [1.807, 2.05) is 4.90 Å². The average Bonchev–Trinajstić information content (AvgIpc) is 3.41. The number of amides is 1. The minimum Gasteiger partial charge on any atom is -0.489 e. The van der Waals surface area contributed by atoms with Gasteiger partial charge in [0.2, 0.25) is 0 Å². The first-order chi connectivity index (χ1) is 20.1. The molecule has 1 unspecified atom stereocenters. The summed E-state index contributed by atoms with van der Waals surface area (Å²) >= 11 is 0. The predicted octanol–water partition coefficient (Wildman–Crippen LogP) is 4.76. The zero-order chi connectivity index (χ0) is 30.3. The van der Waals surface area contributed by atoms with Gasteiger partial charge in [0.15, 0.2) is 15.5 Å². The van der Waals surface area contributed by atoms with Crippen LogP contribution in [0.15, 0.2) is 77.7 Å². The van der Waals surface area contributed by atoms with E-state index in [1.54, 1.807) is 67.6 Å². The number of alkyl halides is 2. The quantitative estimate of drug-likeness (QED) is 0.289. The van der Waals surface area contributed by atoms with Crippen molar-refractivity contribution in [2.24, 2.45) is 0 Å². The number of sulfone groups is 1. The van der Waals surface area contributed by atoms with Crippen molar-refractivity contribution < 1.29 is 36.6 Å². The lowest BCUT2D eigenvalue weighted by atomic mass is 10.1. The lowest BCUT2D eigenvalue weighted by Crippen LogP contribution is -2.34. The lowest BCUT2D eigenvalue weighted by molar-refractivity contribution is -0.131. The number of aliphatic hydroxyl groups is 1. The molecule has 1 amide bonds. The second kappa shape index (κ2) is 13.7.